The summed E-state index contributed by atoms with van der Waals surface area (Å²) in [6, 6.07) is 6.00. The van der Waals surface area contributed by atoms with Gasteiger partial charge in [0, 0.05) is 36.8 Å². The molecule has 3 rings (SSSR count). The van der Waals surface area contributed by atoms with Gasteiger partial charge in [-0.2, -0.15) is 0 Å². The Bertz CT molecular complexity index is 839. The maximum Gasteiger partial charge on any atom is 0.272 e. The number of hydrogen-bond donors (Lipinski definition) is 1. The van der Waals surface area contributed by atoms with Crippen molar-refractivity contribution in [1.29, 1.82) is 0 Å². The van der Waals surface area contributed by atoms with E-state index in [4.69, 9.17) is 4.42 Å². The summed E-state index contributed by atoms with van der Waals surface area (Å²) < 4.78 is 4.95. The van der Waals surface area contributed by atoms with Gasteiger partial charge in [0.15, 0.2) is 0 Å². The Morgan fingerprint density at radius 1 is 1.26 bits per heavy atom. The molecule has 1 aliphatic rings. The molecule has 0 aliphatic carbocycles. The first-order valence-corrected chi connectivity index (χ1v) is 8.80. The molecule has 0 radical (unpaired) electrons. The second-order valence-corrected chi connectivity index (χ2v) is 6.72. The summed E-state index contributed by atoms with van der Waals surface area (Å²) in [6.45, 7) is 3.41. The van der Waals surface area contributed by atoms with Crippen molar-refractivity contribution in [2.75, 3.05) is 19.6 Å². The number of nitro groups is 1. The van der Waals surface area contributed by atoms with Crippen LogP contribution in [0.1, 0.15) is 39.1 Å². The lowest BCUT2D eigenvalue weighted by molar-refractivity contribution is -0.385. The molecular formula is C19H21N3O5. The number of benzene rings is 1. The maximum absolute atomic E-state index is 12.3. The average Bonchev–Trinajstić information content (AvgIpc) is 3.20. The van der Waals surface area contributed by atoms with Crippen LogP contribution in [0, 0.1) is 23.0 Å². The molecule has 2 aromatic rings. The molecule has 8 heteroatoms. The lowest BCUT2D eigenvalue weighted by Gasteiger charge is -2.31. The van der Waals surface area contributed by atoms with Gasteiger partial charge in [-0.25, -0.2) is 0 Å². The molecule has 8 nitrogen and oxygen atoms in total. The van der Waals surface area contributed by atoms with Gasteiger partial charge < -0.3 is 14.6 Å². The summed E-state index contributed by atoms with van der Waals surface area (Å²) in [5, 5.41) is 13.7. The monoisotopic (exact) mass is 371 g/mol. The lowest BCUT2D eigenvalue weighted by Crippen LogP contribution is -2.41. The van der Waals surface area contributed by atoms with Crippen LogP contribution in [-0.2, 0) is 0 Å². The molecule has 0 bridgehead atoms. The van der Waals surface area contributed by atoms with Gasteiger partial charge >= 0.3 is 0 Å². The van der Waals surface area contributed by atoms with E-state index in [0.29, 0.717) is 42.2 Å². The number of aryl methyl sites for hydroxylation is 1. The van der Waals surface area contributed by atoms with Crippen LogP contribution in [0.4, 0.5) is 5.69 Å². The van der Waals surface area contributed by atoms with Crippen LogP contribution < -0.4 is 5.32 Å². The number of nitrogens with one attached hydrogen (secondary N) is 1. The summed E-state index contributed by atoms with van der Waals surface area (Å²) in [5.74, 6) is 0.0130. The van der Waals surface area contributed by atoms with E-state index in [1.165, 1.54) is 30.7 Å². The number of nitrogens with zero attached hydrogens (tertiary/aromatic N) is 2. The number of furan rings is 1. The van der Waals surface area contributed by atoms with Gasteiger partial charge in [-0.3, -0.25) is 19.7 Å². The van der Waals surface area contributed by atoms with E-state index < -0.39 is 4.92 Å². The molecule has 0 atom stereocenters. The Labute approximate surface area is 156 Å². The van der Waals surface area contributed by atoms with Crippen molar-refractivity contribution in [2.45, 2.75) is 19.8 Å². The van der Waals surface area contributed by atoms with Crippen molar-refractivity contribution >= 4 is 17.5 Å². The highest BCUT2D eigenvalue weighted by Crippen LogP contribution is 2.20. The molecule has 142 valence electrons. The average molecular weight is 371 g/mol. The molecule has 0 unspecified atom stereocenters. The van der Waals surface area contributed by atoms with Gasteiger partial charge in [-0.1, -0.05) is 0 Å². The quantitative estimate of drug-likeness (QED) is 0.643. The molecule has 2 heterocycles. The summed E-state index contributed by atoms with van der Waals surface area (Å²) >= 11 is 0. The summed E-state index contributed by atoms with van der Waals surface area (Å²) in [6.07, 6.45) is 4.54. The molecular weight excluding hydrogens is 350 g/mol. The normalized spacial score (nSPS) is 14.8. The highest BCUT2D eigenvalue weighted by molar-refractivity contribution is 5.95. The van der Waals surface area contributed by atoms with Crippen LogP contribution in [-0.4, -0.2) is 41.3 Å². The molecule has 0 saturated carbocycles. The van der Waals surface area contributed by atoms with Gasteiger partial charge in [0.25, 0.3) is 17.5 Å². The first kappa shape index (κ1) is 18.6. The zero-order valence-electron chi connectivity index (χ0n) is 15.0. The Morgan fingerprint density at radius 3 is 2.59 bits per heavy atom. The molecule has 1 aliphatic heterocycles. The van der Waals surface area contributed by atoms with Crippen molar-refractivity contribution in [1.82, 2.24) is 10.2 Å². The Hall–Kier alpha value is -3.16. The fraction of sp³-hybridized carbons (Fsp3) is 0.368. The third-order valence-electron chi connectivity index (χ3n) is 4.88. The molecule has 1 saturated heterocycles. The van der Waals surface area contributed by atoms with Crippen LogP contribution in [0.15, 0.2) is 41.2 Å². The molecule has 0 spiro atoms. The molecule has 1 fully saturated rings. The minimum absolute atomic E-state index is 0.00112. The van der Waals surface area contributed by atoms with Gasteiger partial charge in [0.1, 0.15) is 6.26 Å². The molecule has 1 N–H and O–H groups in total. The third kappa shape index (κ3) is 4.33. The Balaban J connectivity index is 1.48. The minimum Gasteiger partial charge on any atom is -0.472 e. The van der Waals surface area contributed by atoms with Gasteiger partial charge in [-0.05, 0) is 43.9 Å². The number of rotatable bonds is 5. The van der Waals surface area contributed by atoms with Crippen LogP contribution >= 0.6 is 0 Å². The second kappa shape index (κ2) is 8.03. The van der Waals surface area contributed by atoms with Crippen molar-refractivity contribution in [3.8, 4) is 0 Å². The fourth-order valence-corrected chi connectivity index (χ4v) is 3.25. The van der Waals surface area contributed by atoms with Crippen LogP contribution in [0.25, 0.3) is 0 Å². The summed E-state index contributed by atoms with van der Waals surface area (Å²) in [4.78, 5) is 36.8. The zero-order chi connectivity index (χ0) is 19.4. The number of carbonyl (C=O) groups excluding carboxylic acids is 2. The number of amides is 2. The predicted octanol–water partition coefficient (Wildman–Crippen LogP) is 2.78. The minimum atomic E-state index is -0.463. The number of nitro benzene ring substituents is 1. The van der Waals surface area contributed by atoms with Crippen molar-refractivity contribution in [3.63, 3.8) is 0 Å². The van der Waals surface area contributed by atoms with E-state index in [0.717, 1.165) is 12.8 Å². The van der Waals surface area contributed by atoms with Crippen LogP contribution in [0.3, 0.4) is 0 Å². The van der Waals surface area contributed by atoms with Gasteiger partial charge in [0.05, 0.1) is 16.7 Å². The van der Waals surface area contributed by atoms with E-state index in [-0.39, 0.29) is 17.5 Å². The van der Waals surface area contributed by atoms with E-state index >= 15 is 0 Å². The summed E-state index contributed by atoms with van der Waals surface area (Å²) in [7, 11) is 0. The lowest BCUT2D eigenvalue weighted by atomic mass is 9.96. The maximum atomic E-state index is 12.3. The summed E-state index contributed by atoms with van der Waals surface area (Å²) in [5.41, 5.74) is 1.42. The van der Waals surface area contributed by atoms with E-state index in [2.05, 4.69) is 5.32 Å². The first-order valence-electron chi connectivity index (χ1n) is 8.80. The smallest absolute Gasteiger partial charge is 0.272 e. The molecule has 1 aromatic carbocycles. The highest BCUT2D eigenvalue weighted by Gasteiger charge is 2.24. The van der Waals surface area contributed by atoms with E-state index in [1.807, 2.05) is 0 Å². The van der Waals surface area contributed by atoms with Crippen molar-refractivity contribution < 1.29 is 18.9 Å². The van der Waals surface area contributed by atoms with Gasteiger partial charge in [-0.15, -0.1) is 0 Å². The second-order valence-electron chi connectivity index (χ2n) is 6.72. The Morgan fingerprint density at radius 2 is 2.00 bits per heavy atom. The van der Waals surface area contributed by atoms with E-state index in [1.54, 1.807) is 17.9 Å². The van der Waals surface area contributed by atoms with Crippen LogP contribution in [0.5, 0.6) is 0 Å². The van der Waals surface area contributed by atoms with Crippen molar-refractivity contribution in [3.05, 3.63) is 63.6 Å². The highest BCUT2D eigenvalue weighted by atomic mass is 16.6. The number of carbonyl (C=O) groups is 2. The van der Waals surface area contributed by atoms with E-state index in [9.17, 15) is 19.7 Å². The van der Waals surface area contributed by atoms with Crippen molar-refractivity contribution in [2.24, 2.45) is 5.92 Å². The fourth-order valence-electron chi connectivity index (χ4n) is 3.25. The van der Waals surface area contributed by atoms with Crippen LogP contribution in [0.2, 0.25) is 0 Å². The largest absolute Gasteiger partial charge is 0.472 e. The number of piperidine rings is 1. The standard InChI is InChI=1S/C19H21N3O5/c1-13-10-15(2-3-17(13)22(25)26)18(23)20-11-14-4-7-21(8-5-14)19(24)16-6-9-27-12-16/h2-3,6,9-10,12,14H,4-5,7-8,11H2,1H3,(H,20,23). The number of hydrogen-bond acceptors (Lipinski definition) is 5. The topological polar surface area (TPSA) is 106 Å². The van der Waals surface area contributed by atoms with Gasteiger partial charge in [0.2, 0.25) is 0 Å². The first-order chi connectivity index (χ1) is 13.0. The zero-order valence-corrected chi connectivity index (χ0v) is 15.0. The molecule has 27 heavy (non-hydrogen) atoms. The third-order valence-corrected chi connectivity index (χ3v) is 4.88. The number of likely N-dealkylation sites (tertiary alicyclic amines) is 1. The molecule has 1 aromatic heterocycles. The SMILES string of the molecule is Cc1cc(C(=O)NCC2CCN(C(=O)c3ccoc3)CC2)ccc1[N+](=O)[O-]. The molecule has 2 amide bonds. The Kier molecular flexibility index (Phi) is 5.54. The predicted molar refractivity (Wildman–Crippen MR) is 97.5 cm³/mol.